The van der Waals surface area contributed by atoms with Crippen molar-refractivity contribution in [3.05, 3.63) is 82.8 Å². The summed E-state index contributed by atoms with van der Waals surface area (Å²) in [5.74, 6) is 0. The van der Waals surface area contributed by atoms with Crippen LogP contribution in [0.25, 0.3) is 21.8 Å². The van der Waals surface area contributed by atoms with Crippen LogP contribution in [0.2, 0.25) is 0 Å². The highest BCUT2D eigenvalue weighted by Gasteiger charge is 2.09. The van der Waals surface area contributed by atoms with Gasteiger partial charge in [-0.25, -0.2) is 4.98 Å². The summed E-state index contributed by atoms with van der Waals surface area (Å²) in [6.07, 6.45) is 1.68. The predicted molar refractivity (Wildman–Crippen MR) is 98.3 cm³/mol. The molecule has 24 heavy (non-hydrogen) atoms. The van der Waals surface area contributed by atoms with E-state index in [0.717, 1.165) is 16.5 Å². The van der Waals surface area contributed by atoms with Crippen molar-refractivity contribution >= 4 is 27.5 Å². The van der Waals surface area contributed by atoms with E-state index in [1.165, 1.54) is 5.56 Å². The summed E-state index contributed by atoms with van der Waals surface area (Å²) in [6.45, 7) is 2.12. The molecule has 0 saturated heterocycles. The molecule has 1 atom stereocenters. The standard InChI is InChI=1S/C20H17N3O/c1-13(14-6-3-2-4-7-14)22-15-9-10-17-18(12-15)16-8-5-11-21-19(16)23-20(17)24/h2-13,22H,1H3,(H,21,23,24). The maximum absolute atomic E-state index is 12.2. The van der Waals surface area contributed by atoms with Gasteiger partial charge >= 0.3 is 0 Å². The fraction of sp³-hybridized carbons (Fsp3) is 0.100. The van der Waals surface area contributed by atoms with Crippen LogP contribution < -0.4 is 10.9 Å². The molecule has 1 unspecified atom stereocenters. The monoisotopic (exact) mass is 315 g/mol. The Hall–Kier alpha value is -3.14. The first kappa shape index (κ1) is 14.5. The van der Waals surface area contributed by atoms with Gasteiger partial charge in [0.25, 0.3) is 5.56 Å². The SMILES string of the molecule is CC(Nc1ccc2c(=O)[nH]c3ncccc3c2c1)c1ccccc1. The Labute approximate surface area is 139 Å². The van der Waals surface area contributed by atoms with Crippen molar-refractivity contribution in [2.45, 2.75) is 13.0 Å². The molecule has 2 heterocycles. The van der Waals surface area contributed by atoms with E-state index >= 15 is 0 Å². The number of rotatable bonds is 3. The summed E-state index contributed by atoms with van der Waals surface area (Å²) in [4.78, 5) is 19.3. The quantitative estimate of drug-likeness (QED) is 0.556. The van der Waals surface area contributed by atoms with Gasteiger partial charge in [0, 0.05) is 34.1 Å². The van der Waals surface area contributed by atoms with Crippen molar-refractivity contribution in [3.8, 4) is 0 Å². The molecule has 0 spiro atoms. The molecule has 4 heteroatoms. The van der Waals surface area contributed by atoms with E-state index in [1.54, 1.807) is 6.20 Å². The Kier molecular flexibility index (Phi) is 3.50. The molecule has 0 aliphatic heterocycles. The lowest BCUT2D eigenvalue weighted by atomic mass is 10.1. The summed E-state index contributed by atoms with van der Waals surface area (Å²) in [6, 6.07) is 20.1. The maximum atomic E-state index is 12.2. The molecule has 0 aliphatic rings. The first-order chi connectivity index (χ1) is 11.7. The lowest BCUT2D eigenvalue weighted by molar-refractivity contribution is 0.885. The minimum Gasteiger partial charge on any atom is -0.379 e. The molecule has 2 N–H and O–H groups in total. The van der Waals surface area contributed by atoms with Gasteiger partial charge in [-0.1, -0.05) is 30.3 Å². The number of pyridine rings is 2. The van der Waals surface area contributed by atoms with Crippen molar-refractivity contribution in [1.82, 2.24) is 9.97 Å². The number of fused-ring (bicyclic) bond motifs is 3. The highest BCUT2D eigenvalue weighted by molar-refractivity contribution is 6.05. The Balaban J connectivity index is 1.80. The third-order valence-electron chi connectivity index (χ3n) is 4.28. The minimum absolute atomic E-state index is 0.112. The summed E-state index contributed by atoms with van der Waals surface area (Å²) in [5.41, 5.74) is 2.70. The number of anilines is 1. The van der Waals surface area contributed by atoms with Crippen LogP contribution in [0.4, 0.5) is 5.69 Å². The molecule has 0 amide bonds. The van der Waals surface area contributed by atoms with Crippen molar-refractivity contribution in [2.75, 3.05) is 5.32 Å². The zero-order chi connectivity index (χ0) is 16.5. The lowest BCUT2D eigenvalue weighted by Crippen LogP contribution is -2.09. The molecule has 118 valence electrons. The number of hydrogen-bond acceptors (Lipinski definition) is 3. The van der Waals surface area contributed by atoms with Crippen LogP contribution in [0.3, 0.4) is 0 Å². The van der Waals surface area contributed by atoms with Gasteiger partial charge in [0.1, 0.15) is 5.65 Å². The summed E-state index contributed by atoms with van der Waals surface area (Å²) < 4.78 is 0. The molecule has 4 nitrogen and oxygen atoms in total. The lowest BCUT2D eigenvalue weighted by Gasteiger charge is -2.16. The van der Waals surface area contributed by atoms with Gasteiger partial charge in [0.05, 0.1) is 0 Å². The van der Waals surface area contributed by atoms with Gasteiger partial charge in [-0.3, -0.25) is 4.79 Å². The molecule has 2 aromatic heterocycles. The van der Waals surface area contributed by atoms with Gasteiger partial charge in [-0.2, -0.15) is 0 Å². The Bertz CT molecular complexity index is 1070. The Morgan fingerprint density at radius 3 is 2.62 bits per heavy atom. The molecule has 0 radical (unpaired) electrons. The van der Waals surface area contributed by atoms with E-state index in [1.807, 2.05) is 48.5 Å². The normalized spacial score (nSPS) is 12.4. The third-order valence-corrected chi connectivity index (χ3v) is 4.28. The van der Waals surface area contributed by atoms with Crippen LogP contribution in [-0.2, 0) is 0 Å². The number of hydrogen-bond donors (Lipinski definition) is 2. The second-order valence-electron chi connectivity index (χ2n) is 5.89. The van der Waals surface area contributed by atoms with Crippen LogP contribution in [0.15, 0.2) is 71.7 Å². The molecule has 0 fully saturated rings. The number of H-pyrrole nitrogens is 1. The topological polar surface area (TPSA) is 57.8 Å². The van der Waals surface area contributed by atoms with Crippen molar-refractivity contribution in [1.29, 1.82) is 0 Å². The van der Waals surface area contributed by atoms with E-state index in [2.05, 4.69) is 34.3 Å². The number of nitrogens with one attached hydrogen (secondary N) is 2. The largest absolute Gasteiger partial charge is 0.379 e. The van der Waals surface area contributed by atoms with Crippen molar-refractivity contribution in [2.24, 2.45) is 0 Å². The second-order valence-corrected chi connectivity index (χ2v) is 5.89. The zero-order valence-corrected chi connectivity index (χ0v) is 13.3. The van der Waals surface area contributed by atoms with E-state index in [9.17, 15) is 4.79 Å². The second kappa shape index (κ2) is 5.81. The smallest absolute Gasteiger partial charge is 0.257 e. The fourth-order valence-corrected chi connectivity index (χ4v) is 3.03. The average molecular weight is 315 g/mol. The summed E-state index contributed by atoms with van der Waals surface area (Å²) in [5, 5.41) is 6.03. The van der Waals surface area contributed by atoms with E-state index in [4.69, 9.17) is 0 Å². The van der Waals surface area contributed by atoms with Crippen LogP contribution in [0.1, 0.15) is 18.5 Å². The molecule has 0 bridgehead atoms. The molecular weight excluding hydrogens is 298 g/mol. The Morgan fingerprint density at radius 2 is 1.79 bits per heavy atom. The fourth-order valence-electron chi connectivity index (χ4n) is 3.03. The van der Waals surface area contributed by atoms with Crippen LogP contribution in [0, 0.1) is 0 Å². The summed E-state index contributed by atoms with van der Waals surface area (Å²) >= 11 is 0. The van der Waals surface area contributed by atoms with Crippen molar-refractivity contribution < 1.29 is 0 Å². The highest BCUT2D eigenvalue weighted by Crippen LogP contribution is 2.25. The maximum Gasteiger partial charge on any atom is 0.257 e. The van der Waals surface area contributed by atoms with Gasteiger partial charge in [0.15, 0.2) is 0 Å². The highest BCUT2D eigenvalue weighted by atomic mass is 16.1. The molecule has 4 rings (SSSR count). The van der Waals surface area contributed by atoms with E-state index in [0.29, 0.717) is 11.0 Å². The molecule has 0 saturated carbocycles. The number of aromatic amines is 1. The first-order valence-corrected chi connectivity index (χ1v) is 7.94. The third kappa shape index (κ3) is 2.52. The number of aromatic nitrogens is 2. The zero-order valence-electron chi connectivity index (χ0n) is 13.3. The number of benzene rings is 2. The molecule has 2 aromatic carbocycles. The summed E-state index contributed by atoms with van der Waals surface area (Å²) in [7, 11) is 0. The average Bonchev–Trinajstić information content (AvgIpc) is 2.62. The van der Waals surface area contributed by atoms with Crippen LogP contribution >= 0.6 is 0 Å². The van der Waals surface area contributed by atoms with Gasteiger partial charge in [0.2, 0.25) is 0 Å². The van der Waals surface area contributed by atoms with Crippen LogP contribution in [0.5, 0.6) is 0 Å². The molecular formula is C20H17N3O. The van der Waals surface area contributed by atoms with Gasteiger partial charge in [-0.05, 0) is 42.8 Å². The van der Waals surface area contributed by atoms with Gasteiger partial charge < -0.3 is 10.3 Å². The molecule has 4 aromatic rings. The Morgan fingerprint density at radius 1 is 0.958 bits per heavy atom. The van der Waals surface area contributed by atoms with Gasteiger partial charge in [-0.15, -0.1) is 0 Å². The van der Waals surface area contributed by atoms with E-state index in [-0.39, 0.29) is 11.6 Å². The van der Waals surface area contributed by atoms with Crippen LogP contribution in [-0.4, -0.2) is 9.97 Å². The molecule has 0 aliphatic carbocycles. The van der Waals surface area contributed by atoms with Crippen molar-refractivity contribution in [3.63, 3.8) is 0 Å². The predicted octanol–water partition coefficient (Wildman–Crippen LogP) is 4.25. The minimum atomic E-state index is -0.112. The van der Waals surface area contributed by atoms with E-state index < -0.39 is 0 Å². The first-order valence-electron chi connectivity index (χ1n) is 7.94. The number of nitrogens with zero attached hydrogens (tertiary/aromatic N) is 1.